The molecule has 29 valence electrons. The van der Waals surface area contributed by atoms with Gasteiger partial charge in [0, 0.05) is 13.1 Å². The zero-order valence-electron chi connectivity index (χ0n) is 3.44. The van der Waals surface area contributed by atoms with Gasteiger partial charge in [-0.15, -0.1) is 0 Å². The summed E-state index contributed by atoms with van der Waals surface area (Å²) < 4.78 is 0. The minimum absolute atomic E-state index is 0.759. The summed E-state index contributed by atoms with van der Waals surface area (Å²) in [5.74, 6) is 0. The highest BCUT2D eigenvalue weighted by Crippen LogP contribution is 2.18. The number of nitrogens with zero attached hydrogens (tertiary/aromatic N) is 1. The summed E-state index contributed by atoms with van der Waals surface area (Å²) in [6.45, 7) is 0. The van der Waals surface area contributed by atoms with Gasteiger partial charge < -0.3 is 0 Å². The quantitative estimate of drug-likeness (QED) is 0.423. The summed E-state index contributed by atoms with van der Waals surface area (Å²) in [5.41, 5.74) is 0. The van der Waals surface area contributed by atoms with Gasteiger partial charge in [-0.2, -0.15) is 0 Å². The first kappa shape index (κ1) is 3.16. The van der Waals surface area contributed by atoms with Crippen molar-refractivity contribution in [1.29, 1.82) is 0 Å². The third-order valence-corrected chi connectivity index (χ3v) is 0.912. The van der Waals surface area contributed by atoms with Gasteiger partial charge in [-0.1, -0.05) is 0 Å². The van der Waals surface area contributed by atoms with E-state index >= 15 is 0 Å². The lowest BCUT2D eigenvalue weighted by Gasteiger charge is -1.76. The standard InChI is InChI=1S/C4H8N/c1-5-4-2-3-4/h4H,2-3H2,1H3. The van der Waals surface area contributed by atoms with Crippen LogP contribution in [0.1, 0.15) is 12.8 Å². The van der Waals surface area contributed by atoms with Crippen LogP contribution in [0.2, 0.25) is 0 Å². The normalized spacial score (nSPS) is 23.4. The molecule has 1 fully saturated rings. The summed E-state index contributed by atoms with van der Waals surface area (Å²) in [7, 11) is 1.89. The van der Waals surface area contributed by atoms with E-state index in [0.29, 0.717) is 0 Å². The second kappa shape index (κ2) is 0.977. The van der Waals surface area contributed by atoms with Crippen LogP contribution < -0.4 is 5.32 Å². The maximum Gasteiger partial charge on any atom is 0.0244 e. The number of hydrogen-bond acceptors (Lipinski definition) is 0. The van der Waals surface area contributed by atoms with Crippen LogP contribution in [0.5, 0.6) is 0 Å². The Morgan fingerprint density at radius 2 is 2.20 bits per heavy atom. The molecule has 1 saturated carbocycles. The van der Waals surface area contributed by atoms with Gasteiger partial charge in [-0.05, 0) is 12.8 Å². The van der Waals surface area contributed by atoms with Gasteiger partial charge in [0.1, 0.15) is 0 Å². The van der Waals surface area contributed by atoms with E-state index in [9.17, 15) is 0 Å². The largest absolute Gasteiger partial charge is 0.242 e. The van der Waals surface area contributed by atoms with Crippen LogP contribution in [0.4, 0.5) is 0 Å². The van der Waals surface area contributed by atoms with Gasteiger partial charge in [-0.3, -0.25) is 0 Å². The fourth-order valence-electron chi connectivity index (χ4n) is 0.333. The van der Waals surface area contributed by atoms with Crippen molar-refractivity contribution in [1.82, 2.24) is 5.32 Å². The first-order valence-electron chi connectivity index (χ1n) is 2.02. The number of hydrogen-bond donors (Lipinski definition) is 0. The monoisotopic (exact) mass is 70.1 g/mol. The Hall–Kier alpha value is -0.0400. The molecule has 0 aromatic rings. The third-order valence-electron chi connectivity index (χ3n) is 0.912. The first-order valence-corrected chi connectivity index (χ1v) is 2.02. The molecule has 1 aliphatic carbocycles. The van der Waals surface area contributed by atoms with E-state index in [1.54, 1.807) is 0 Å². The molecule has 0 aromatic carbocycles. The lowest BCUT2D eigenvalue weighted by molar-refractivity contribution is 0.792. The maximum atomic E-state index is 4.00. The van der Waals surface area contributed by atoms with Crippen LogP contribution in [0.25, 0.3) is 0 Å². The van der Waals surface area contributed by atoms with Crippen LogP contribution in [0.15, 0.2) is 0 Å². The minimum atomic E-state index is 0.759. The van der Waals surface area contributed by atoms with Crippen LogP contribution >= 0.6 is 0 Å². The highest BCUT2D eigenvalue weighted by Gasteiger charge is 2.18. The van der Waals surface area contributed by atoms with E-state index in [4.69, 9.17) is 0 Å². The van der Waals surface area contributed by atoms with Crippen LogP contribution in [0, 0.1) is 0 Å². The molecule has 0 aromatic heterocycles. The SMILES string of the molecule is C[N]C1CC1. The molecule has 0 amide bonds. The lowest BCUT2D eigenvalue weighted by atomic mass is 10.7. The van der Waals surface area contributed by atoms with Gasteiger partial charge in [0.05, 0.1) is 0 Å². The molecule has 1 rings (SSSR count). The molecule has 1 aliphatic rings. The molecule has 5 heavy (non-hydrogen) atoms. The fraction of sp³-hybridized carbons (Fsp3) is 1.00. The first-order chi connectivity index (χ1) is 2.43. The van der Waals surface area contributed by atoms with E-state index < -0.39 is 0 Å². The number of rotatable bonds is 1. The molecule has 0 spiro atoms. The summed E-state index contributed by atoms with van der Waals surface area (Å²) in [4.78, 5) is 0. The van der Waals surface area contributed by atoms with Crippen molar-refractivity contribution in [3.8, 4) is 0 Å². The van der Waals surface area contributed by atoms with Crippen LogP contribution in [0.3, 0.4) is 0 Å². The molecule has 0 aliphatic heterocycles. The van der Waals surface area contributed by atoms with Crippen LogP contribution in [-0.2, 0) is 0 Å². The smallest absolute Gasteiger partial charge is 0.0244 e. The van der Waals surface area contributed by atoms with E-state index in [1.807, 2.05) is 7.05 Å². The molecular formula is C4H8N. The Kier molecular flexibility index (Phi) is 0.618. The highest BCUT2D eigenvalue weighted by molar-refractivity contribution is 4.77. The van der Waals surface area contributed by atoms with Crippen molar-refractivity contribution in [3.63, 3.8) is 0 Å². The van der Waals surface area contributed by atoms with Gasteiger partial charge in [0.15, 0.2) is 0 Å². The zero-order chi connectivity index (χ0) is 3.70. The summed E-state index contributed by atoms with van der Waals surface area (Å²) in [5, 5.41) is 4.00. The van der Waals surface area contributed by atoms with E-state index in [0.717, 1.165) is 6.04 Å². The minimum Gasteiger partial charge on any atom is -0.242 e. The topological polar surface area (TPSA) is 14.1 Å². The van der Waals surface area contributed by atoms with Gasteiger partial charge in [0.25, 0.3) is 0 Å². The third kappa shape index (κ3) is 0.618. The average Bonchev–Trinajstić information content (AvgIpc) is 2.12. The van der Waals surface area contributed by atoms with E-state index in [1.165, 1.54) is 12.8 Å². The molecule has 0 saturated heterocycles. The van der Waals surface area contributed by atoms with Crippen LogP contribution in [-0.4, -0.2) is 13.1 Å². The predicted octanol–water partition coefficient (Wildman–Crippen LogP) is 0.383. The average molecular weight is 70.1 g/mol. The Bertz CT molecular complexity index is 30.6. The molecule has 1 heteroatoms. The molecule has 0 bridgehead atoms. The van der Waals surface area contributed by atoms with Gasteiger partial charge >= 0.3 is 0 Å². The predicted molar refractivity (Wildman–Crippen MR) is 21.1 cm³/mol. The van der Waals surface area contributed by atoms with Crippen molar-refractivity contribution in [2.75, 3.05) is 7.05 Å². The molecule has 1 nitrogen and oxygen atoms in total. The molecular weight excluding hydrogens is 62.1 g/mol. The van der Waals surface area contributed by atoms with E-state index in [2.05, 4.69) is 5.32 Å². The Labute approximate surface area is 32.4 Å². The molecule has 0 heterocycles. The highest BCUT2D eigenvalue weighted by atomic mass is 14.9. The maximum absolute atomic E-state index is 4.00. The van der Waals surface area contributed by atoms with Crippen molar-refractivity contribution >= 4 is 0 Å². The van der Waals surface area contributed by atoms with Crippen molar-refractivity contribution in [3.05, 3.63) is 0 Å². The zero-order valence-corrected chi connectivity index (χ0v) is 3.44. The van der Waals surface area contributed by atoms with Crippen molar-refractivity contribution in [2.24, 2.45) is 0 Å². The molecule has 0 atom stereocenters. The van der Waals surface area contributed by atoms with Crippen molar-refractivity contribution in [2.45, 2.75) is 18.9 Å². The second-order valence-corrected chi connectivity index (χ2v) is 1.49. The lowest BCUT2D eigenvalue weighted by Crippen LogP contribution is -1.96. The molecule has 1 radical (unpaired) electrons. The van der Waals surface area contributed by atoms with Gasteiger partial charge in [0.2, 0.25) is 0 Å². The summed E-state index contributed by atoms with van der Waals surface area (Å²) >= 11 is 0. The molecule has 0 N–H and O–H groups in total. The van der Waals surface area contributed by atoms with Gasteiger partial charge in [-0.25, -0.2) is 5.32 Å². The van der Waals surface area contributed by atoms with Crippen molar-refractivity contribution < 1.29 is 0 Å². The summed E-state index contributed by atoms with van der Waals surface area (Å²) in [6.07, 6.45) is 2.69. The molecule has 0 unspecified atom stereocenters. The summed E-state index contributed by atoms with van der Waals surface area (Å²) in [6, 6.07) is 0.759. The fourth-order valence-corrected chi connectivity index (χ4v) is 0.333. The Morgan fingerprint density at radius 1 is 1.60 bits per heavy atom. The second-order valence-electron chi connectivity index (χ2n) is 1.49. The Balaban J connectivity index is 2.00. The van der Waals surface area contributed by atoms with E-state index in [-0.39, 0.29) is 0 Å². The Morgan fingerprint density at radius 3 is 2.20 bits per heavy atom.